The third-order valence-corrected chi connectivity index (χ3v) is 6.58. The summed E-state index contributed by atoms with van der Waals surface area (Å²) < 4.78 is 32.9. The lowest BCUT2D eigenvalue weighted by atomic mass is 10.1. The van der Waals surface area contributed by atoms with Gasteiger partial charge >= 0.3 is 0 Å². The molecule has 1 fully saturated rings. The molecule has 138 valence electrons. The summed E-state index contributed by atoms with van der Waals surface area (Å²) in [7, 11) is -0.491. The monoisotopic (exact) mass is 374 g/mol. The smallest absolute Gasteiger partial charge is 0.251 e. The van der Waals surface area contributed by atoms with Gasteiger partial charge in [-0.25, -0.2) is 8.42 Å². The van der Waals surface area contributed by atoms with Crippen LogP contribution in [0.1, 0.15) is 34.8 Å². The maximum absolute atomic E-state index is 13.1. The first-order valence-corrected chi connectivity index (χ1v) is 9.89. The number of ether oxygens (including phenoxy) is 1. The van der Waals surface area contributed by atoms with Crippen molar-refractivity contribution in [2.24, 2.45) is 0 Å². The summed E-state index contributed by atoms with van der Waals surface area (Å²) in [6.07, 6.45) is 1.59. The molecule has 0 radical (unpaired) electrons. The molecule has 0 spiro atoms. The lowest BCUT2D eigenvalue weighted by Gasteiger charge is -2.24. The summed E-state index contributed by atoms with van der Waals surface area (Å²) in [5.41, 5.74) is 1.38. The Morgan fingerprint density at radius 3 is 2.35 bits per heavy atom. The van der Waals surface area contributed by atoms with Gasteiger partial charge in [0.25, 0.3) is 5.91 Å². The average molecular weight is 374 g/mol. The third kappa shape index (κ3) is 3.45. The maximum atomic E-state index is 13.1. The van der Waals surface area contributed by atoms with Crippen molar-refractivity contribution in [2.75, 3.05) is 20.7 Å². The Kier molecular flexibility index (Phi) is 5.29. The van der Waals surface area contributed by atoms with Crippen LogP contribution in [0.2, 0.25) is 0 Å². The van der Waals surface area contributed by atoms with Gasteiger partial charge in [-0.05, 0) is 54.8 Å². The number of sulfonamides is 1. The van der Waals surface area contributed by atoms with E-state index < -0.39 is 10.0 Å². The minimum atomic E-state index is -3.63. The summed E-state index contributed by atoms with van der Waals surface area (Å²) in [5, 5.41) is 2.52. The molecule has 2 aromatic carbocycles. The molecule has 1 atom stereocenters. The summed E-state index contributed by atoms with van der Waals surface area (Å²) in [6, 6.07) is 13.4. The first kappa shape index (κ1) is 18.4. The van der Waals surface area contributed by atoms with Crippen LogP contribution in [0.25, 0.3) is 0 Å². The van der Waals surface area contributed by atoms with Crippen LogP contribution in [0, 0.1) is 0 Å². The van der Waals surface area contributed by atoms with E-state index in [2.05, 4.69) is 5.32 Å². The van der Waals surface area contributed by atoms with E-state index in [0.717, 1.165) is 24.2 Å². The van der Waals surface area contributed by atoms with Crippen molar-refractivity contribution >= 4 is 15.9 Å². The van der Waals surface area contributed by atoms with Gasteiger partial charge in [0.15, 0.2) is 0 Å². The summed E-state index contributed by atoms with van der Waals surface area (Å²) >= 11 is 0. The molecule has 1 aliphatic heterocycles. The molecular formula is C19H22N2O4S. The number of benzene rings is 2. The summed E-state index contributed by atoms with van der Waals surface area (Å²) in [5.74, 6) is 0.497. The second-order valence-corrected chi connectivity index (χ2v) is 8.04. The van der Waals surface area contributed by atoms with Crippen molar-refractivity contribution in [2.45, 2.75) is 23.8 Å². The van der Waals surface area contributed by atoms with Crippen molar-refractivity contribution in [1.29, 1.82) is 0 Å². The van der Waals surface area contributed by atoms with Crippen LogP contribution in [0.15, 0.2) is 53.4 Å². The molecule has 7 heteroatoms. The highest BCUT2D eigenvalue weighted by atomic mass is 32.2. The van der Waals surface area contributed by atoms with Gasteiger partial charge in [0.1, 0.15) is 5.75 Å². The van der Waals surface area contributed by atoms with Gasteiger partial charge in [0.05, 0.1) is 18.0 Å². The van der Waals surface area contributed by atoms with Gasteiger partial charge in [0.2, 0.25) is 10.0 Å². The lowest BCUT2D eigenvalue weighted by Crippen LogP contribution is -2.30. The fourth-order valence-corrected chi connectivity index (χ4v) is 4.93. The quantitative estimate of drug-likeness (QED) is 0.873. The first-order chi connectivity index (χ1) is 12.5. The fraction of sp³-hybridized carbons (Fsp3) is 0.316. The number of nitrogens with zero attached hydrogens (tertiary/aromatic N) is 1. The predicted octanol–water partition coefficient (Wildman–Crippen LogP) is 2.58. The van der Waals surface area contributed by atoms with Gasteiger partial charge < -0.3 is 10.1 Å². The molecule has 1 amide bonds. The zero-order chi connectivity index (χ0) is 18.7. The minimum absolute atomic E-state index is 0.190. The molecule has 6 nitrogen and oxygen atoms in total. The van der Waals surface area contributed by atoms with Crippen LogP contribution in [-0.4, -0.2) is 39.3 Å². The summed E-state index contributed by atoms with van der Waals surface area (Å²) in [6.45, 7) is 0.482. The Labute approximate surface area is 153 Å². The van der Waals surface area contributed by atoms with E-state index in [1.54, 1.807) is 11.4 Å². The highest BCUT2D eigenvalue weighted by Crippen LogP contribution is 2.37. The van der Waals surface area contributed by atoms with Crippen LogP contribution in [0.5, 0.6) is 5.75 Å². The van der Waals surface area contributed by atoms with E-state index in [1.807, 2.05) is 24.3 Å². The first-order valence-electron chi connectivity index (χ1n) is 8.45. The molecule has 1 N–H and O–H groups in total. The SMILES string of the molecule is CNC(=O)c1ccc(S(=O)(=O)N2CCCC2c2ccc(OC)cc2)cc1. The number of methoxy groups -OCH3 is 1. The van der Waals surface area contributed by atoms with Crippen LogP contribution >= 0.6 is 0 Å². The molecule has 3 rings (SSSR count). The van der Waals surface area contributed by atoms with Gasteiger partial charge in [0, 0.05) is 19.2 Å². The molecule has 1 aliphatic rings. The Morgan fingerprint density at radius 1 is 1.12 bits per heavy atom. The van der Waals surface area contributed by atoms with Crippen molar-refractivity contribution in [3.63, 3.8) is 0 Å². The van der Waals surface area contributed by atoms with Crippen molar-refractivity contribution < 1.29 is 17.9 Å². The number of rotatable bonds is 5. The number of amides is 1. The van der Waals surface area contributed by atoms with E-state index in [9.17, 15) is 13.2 Å². The van der Waals surface area contributed by atoms with E-state index >= 15 is 0 Å². The standard InChI is InChI=1S/C19H22N2O4S/c1-20-19(22)15-7-11-17(12-8-15)26(23,24)21-13-3-4-18(21)14-5-9-16(25-2)10-6-14/h5-12,18H,3-4,13H2,1-2H3,(H,20,22). The molecule has 0 aliphatic carbocycles. The number of hydrogen-bond acceptors (Lipinski definition) is 4. The van der Waals surface area contributed by atoms with Crippen molar-refractivity contribution in [3.8, 4) is 5.75 Å². The molecule has 1 unspecified atom stereocenters. The van der Waals surface area contributed by atoms with Crippen LogP contribution in [0.4, 0.5) is 0 Å². The van der Waals surface area contributed by atoms with Crippen LogP contribution in [0.3, 0.4) is 0 Å². The topological polar surface area (TPSA) is 75.7 Å². The normalized spacial score (nSPS) is 17.8. The second-order valence-electron chi connectivity index (χ2n) is 6.15. The molecule has 1 heterocycles. The Morgan fingerprint density at radius 2 is 1.77 bits per heavy atom. The highest BCUT2D eigenvalue weighted by molar-refractivity contribution is 7.89. The molecular weight excluding hydrogens is 352 g/mol. The van der Waals surface area contributed by atoms with Crippen molar-refractivity contribution in [1.82, 2.24) is 9.62 Å². The molecule has 0 aromatic heterocycles. The van der Waals surface area contributed by atoms with E-state index in [-0.39, 0.29) is 16.8 Å². The molecule has 26 heavy (non-hydrogen) atoms. The van der Waals surface area contributed by atoms with Crippen LogP contribution < -0.4 is 10.1 Å². The van der Waals surface area contributed by atoms with E-state index in [1.165, 1.54) is 31.3 Å². The van der Waals surface area contributed by atoms with E-state index in [0.29, 0.717) is 12.1 Å². The van der Waals surface area contributed by atoms with Crippen molar-refractivity contribution in [3.05, 3.63) is 59.7 Å². The zero-order valence-electron chi connectivity index (χ0n) is 14.8. The van der Waals surface area contributed by atoms with Crippen LogP contribution in [-0.2, 0) is 10.0 Å². The van der Waals surface area contributed by atoms with Gasteiger partial charge in [-0.15, -0.1) is 0 Å². The second kappa shape index (κ2) is 7.47. The van der Waals surface area contributed by atoms with Gasteiger partial charge in [-0.3, -0.25) is 4.79 Å². The largest absolute Gasteiger partial charge is 0.497 e. The maximum Gasteiger partial charge on any atom is 0.251 e. The Balaban J connectivity index is 1.88. The molecule has 2 aromatic rings. The highest BCUT2D eigenvalue weighted by Gasteiger charge is 2.36. The zero-order valence-corrected chi connectivity index (χ0v) is 15.6. The molecule has 0 bridgehead atoms. The Hall–Kier alpha value is -2.38. The third-order valence-electron chi connectivity index (χ3n) is 4.65. The lowest BCUT2D eigenvalue weighted by molar-refractivity contribution is 0.0963. The van der Waals surface area contributed by atoms with Gasteiger partial charge in [-0.1, -0.05) is 12.1 Å². The number of hydrogen-bond donors (Lipinski definition) is 1. The molecule has 0 saturated carbocycles. The fourth-order valence-electron chi connectivity index (χ4n) is 3.24. The van der Waals surface area contributed by atoms with E-state index in [4.69, 9.17) is 4.74 Å². The Bertz CT molecular complexity index is 877. The average Bonchev–Trinajstić information content (AvgIpc) is 3.18. The summed E-state index contributed by atoms with van der Waals surface area (Å²) in [4.78, 5) is 11.8. The number of carbonyl (C=O) groups excluding carboxylic acids is 1. The number of nitrogens with one attached hydrogen (secondary N) is 1. The minimum Gasteiger partial charge on any atom is -0.497 e. The predicted molar refractivity (Wildman–Crippen MR) is 98.7 cm³/mol. The van der Waals surface area contributed by atoms with Gasteiger partial charge in [-0.2, -0.15) is 4.31 Å². The molecule has 1 saturated heterocycles. The number of carbonyl (C=O) groups is 1.